The maximum atomic E-state index is 12.1. The third kappa shape index (κ3) is 3.78. The Morgan fingerprint density at radius 1 is 1.32 bits per heavy atom. The summed E-state index contributed by atoms with van der Waals surface area (Å²) in [6.07, 6.45) is 2.80. The van der Waals surface area contributed by atoms with Crippen molar-refractivity contribution in [2.24, 2.45) is 0 Å². The fourth-order valence-corrected chi connectivity index (χ4v) is 3.10. The summed E-state index contributed by atoms with van der Waals surface area (Å²) in [7, 11) is 0. The zero-order valence-corrected chi connectivity index (χ0v) is 12.8. The summed E-state index contributed by atoms with van der Waals surface area (Å²) in [5.74, 6) is 0.805. The van der Waals surface area contributed by atoms with E-state index in [9.17, 15) is 9.90 Å². The molecule has 0 saturated carbocycles. The summed E-state index contributed by atoms with van der Waals surface area (Å²) < 4.78 is 5.68. The van der Waals surface area contributed by atoms with E-state index in [2.05, 4.69) is 10.2 Å². The molecule has 2 N–H and O–H groups in total. The van der Waals surface area contributed by atoms with Crippen LogP contribution in [0.1, 0.15) is 24.8 Å². The number of piperidine rings is 1. The normalized spacial score (nSPS) is 22.1. The van der Waals surface area contributed by atoms with E-state index in [-0.39, 0.29) is 18.1 Å². The Balaban J connectivity index is 1.34. The second kappa shape index (κ2) is 7.11. The minimum Gasteiger partial charge on any atom is -0.480 e. The molecule has 1 aromatic carbocycles. The number of hydrogen-bond donors (Lipinski definition) is 2. The number of aliphatic hydroxyl groups is 1. The molecule has 5 heteroatoms. The molecule has 3 rings (SSSR count). The summed E-state index contributed by atoms with van der Waals surface area (Å²) in [4.78, 5) is 14.5. The highest BCUT2D eigenvalue weighted by Gasteiger charge is 2.28. The van der Waals surface area contributed by atoms with Gasteiger partial charge in [0.25, 0.3) is 5.91 Å². The van der Waals surface area contributed by atoms with Crippen LogP contribution in [0.15, 0.2) is 24.3 Å². The van der Waals surface area contributed by atoms with E-state index in [0.717, 1.165) is 50.2 Å². The quantitative estimate of drug-likeness (QED) is 0.795. The van der Waals surface area contributed by atoms with Crippen LogP contribution in [0.3, 0.4) is 0 Å². The van der Waals surface area contributed by atoms with Gasteiger partial charge in [0.1, 0.15) is 5.75 Å². The molecule has 22 heavy (non-hydrogen) atoms. The van der Waals surface area contributed by atoms with E-state index in [1.165, 1.54) is 0 Å². The SMILES string of the molecule is O=C(NCCCN1CCC(O)CC1)C1Cc2ccccc2O1. The van der Waals surface area contributed by atoms with Crippen LogP contribution in [0.25, 0.3) is 0 Å². The zero-order valence-electron chi connectivity index (χ0n) is 12.8. The Bertz CT molecular complexity index is 487. The van der Waals surface area contributed by atoms with E-state index < -0.39 is 0 Å². The number of para-hydroxylation sites is 1. The number of carbonyl (C=O) groups is 1. The average Bonchev–Trinajstić information content (AvgIpc) is 2.97. The highest BCUT2D eigenvalue weighted by atomic mass is 16.5. The van der Waals surface area contributed by atoms with Crippen LogP contribution >= 0.6 is 0 Å². The molecule has 0 aliphatic carbocycles. The van der Waals surface area contributed by atoms with Gasteiger partial charge < -0.3 is 20.1 Å². The minimum absolute atomic E-state index is 0.0229. The molecule has 2 aliphatic heterocycles. The number of hydrogen-bond acceptors (Lipinski definition) is 4. The predicted octanol–water partition coefficient (Wildman–Crippen LogP) is 0.953. The largest absolute Gasteiger partial charge is 0.480 e. The molecule has 0 spiro atoms. The lowest BCUT2D eigenvalue weighted by Crippen LogP contribution is -2.40. The molecule has 0 aromatic heterocycles. The summed E-state index contributed by atoms with van der Waals surface area (Å²) in [5, 5.41) is 12.4. The van der Waals surface area contributed by atoms with E-state index in [1.54, 1.807) is 0 Å². The number of carbonyl (C=O) groups excluding carboxylic acids is 1. The van der Waals surface area contributed by atoms with Gasteiger partial charge in [0.2, 0.25) is 0 Å². The van der Waals surface area contributed by atoms with Gasteiger partial charge in [-0.1, -0.05) is 18.2 Å². The molecular formula is C17H24N2O3. The lowest BCUT2D eigenvalue weighted by Gasteiger charge is -2.29. The standard InChI is InChI=1S/C17H24N2O3/c20-14-6-10-19(11-7-14)9-3-8-18-17(21)16-12-13-4-1-2-5-15(13)22-16/h1-2,4-5,14,16,20H,3,6-12H2,(H,18,21). The first-order valence-corrected chi connectivity index (χ1v) is 8.15. The number of rotatable bonds is 5. The van der Waals surface area contributed by atoms with Crippen molar-refractivity contribution in [1.29, 1.82) is 0 Å². The van der Waals surface area contributed by atoms with Gasteiger partial charge in [-0.2, -0.15) is 0 Å². The van der Waals surface area contributed by atoms with Gasteiger partial charge in [-0.25, -0.2) is 0 Å². The minimum atomic E-state index is -0.387. The molecule has 2 aliphatic rings. The van der Waals surface area contributed by atoms with Crippen molar-refractivity contribution in [3.05, 3.63) is 29.8 Å². The Morgan fingerprint density at radius 2 is 2.09 bits per heavy atom. The predicted molar refractivity (Wildman–Crippen MR) is 83.9 cm³/mol. The molecule has 5 nitrogen and oxygen atoms in total. The van der Waals surface area contributed by atoms with Gasteiger partial charge in [0.05, 0.1) is 6.10 Å². The smallest absolute Gasteiger partial charge is 0.261 e. The van der Waals surface area contributed by atoms with Crippen molar-refractivity contribution in [2.75, 3.05) is 26.2 Å². The number of fused-ring (bicyclic) bond motifs is 1. The van der Waals surface area contributed by atoms with Crippen LogP contribution in [-0.2, 0) is 11.2 Å². The van der Waals surface area contributed by atoms with Crippen LogP contribution in [0.4, 0.5) is 0 Å². The van der Waals surface area contributed by atoms with E-state index in [0.29, 0.717) is 13.0 Å². The van der Waals surface area contributed by atoms with Crippen LogP contribution in [-0.4, -0.2) is 54.3 Å². The number of benzene rings is 1. The fraction of sp³-hybridized carbons (Fsp3) is 0.588. The van der Waals surface area contributed by atoms with Crippen molar-refractivity contribution < 1.29 is 14.6 Å². The van der Waals surface area contributed by atoms with Crippen molar-refractivity contribution >= 4 is 5.91 Å². The van der Waals surface area contributed by atoms with Crippen molar-refractivity contribution in [2.45, 2.75) is 37.9 Å². The van der Waals surface area contributed by atoms with Gasteiger partial charge >= 0.3 is 0 Å². The summed E-state index contributed by atoms with van der Waals surface area (Å²) in [6.45, 7) is 3.55. The second-order valence-corrected chi connectivity index (χ2v) is 6.14. The topological polar surface area (TPSA) is 61.8 Å². The van der Waals surface area contributed by atoms with E-state index in [1.807, 2.05) is 24.3 Å². The second-order valence-electron chi connectivity index (χ2n) is 6.14. The van der Waals surface area contributed by atoms with Gasteiger partial charge in [-0.15, -0.1) is 0 Å². The molecule has 1 aromatic rings. The Morgan fingerprint density at radius 3 is 2.86 bits per heavy atom. The lowest BCUT2D eigenvalue weighted by atomic mass is 10.1. The third-order valence-electron chi connectivity index (χ3n) is 4.45. The van der Waals surface area contributed by atoms with Crippen LogP contribution in [0.2, 0.25) is 0 Å². The van der Waals surface area contributed by atoms with Crippen LogP contribution in [0, 0.1) is 0 Å². The molecule has 120 valence electrons. The lowest BCUT2D eigenvalue weighted by molar-refractivity contribution is -0.127. The first-order chi connectivity index (χ1) is 10.7. The third-order valence-corrected chi connectivity index (χ3v) is 4.45. The first kappa shape index (κ1) is 15.3. The van der Waals surface area contributed by atoms with Crippen molar-refractivity contribution in [3.63, 3.8) is 0 Å². The highest BCUT2D eigenvalue weighted by Crippen LogP contribution is 2.28. The Hall–Kier alpha value is -1.59. The first-order valence-electron chi connectivity index (χ1n) is 8.15. The van der Waals surface area contributed by atoms with Crippen LogP contribution in [0.5, 0.6) is 5.75 Å². The monoisotopic (exact) mass is 304 g/mol. The Kier molecular flexibility index (Phi) is 4.95. The molecule has 1 amide bonds. The molecule has 0 bridgehead atoms. The van der Waals surface area contributed by atoms with Crippen molar-refractivity contribution in [1.82, 2.24) is 10.2 Å². The number of ether oxygens (including phenoxy) is 1. The maximum absolute atomic E-state index is 12.1. The highest BCUT2D eigenvalue weighted by molar-refractivity contribution is 5.82. The number of likely N-dealkylation sites (tertiary alicyclic amines) is 1. The van der Waals surface area contributed by atoms with Gasteiger partial charge in [-0.3, -0.25) is 4.79 Å². The van der Waals surface area contributed by atoms with Gasteiger partial charge in [-0.05, 0) is 37.4 Å². The average molecular weight is 304 g/mol. The molecule has 1 atom stereocenters. The summed E-state index contributed by atoms with van der Waals surface area (Å²) in [6, 6.07) is 7.81. The number of nitrogens with one attached hydrogen (secondary N) is 1. The summed E-state index contributed by atoms with van der Waals surface area (Å²) in [5.41, 5.74) is 1.11. The molecular weight excluding hydrogens is 280 g/mol. The Labute approximate surface area is 131 Å². The molecule has 1 fully saturated rings. The molecule has 1 unspecified atom stereocenters. The summed E-state index contributed by atoms with van der Waals surface area (Å²) >= 11 is 0. The van der Waals surface area contributed by atoms with E-state index >= 15 is 0 Å². The molecule has 1 saturated heterocycles. The zero-order chi connectivity index (χ0) is 15.4. The maximum Gasteiger partial charge on any atom is 0.261 e. The number of aliphatic hydroxyl groups excluding tert-OH is 1. The van der Waals surface area contributed by atoms with Gasteiger partial charge in [0, 0.05) is 26.1 Å². The fourth-order valence-electron chi connectivity index (χ4n) is 3.10. The van der Waals surface area contributed by atoms with Crippen molar-refractivity contribution in [3.8, 4) is 5.75 Å². The van der Waals surface area contributed by atoms with E-state index in [4.69, 9.17) is 4.74 Å². The van der Waals surface area contributed by atoms with Crippen LogP contribution < -0.4 is 10.1 Å². The molecule has 2 heterocycles. The number of amides is 1. The molecule has 0 radical (unpaired) electrons. The number of nitrogens with zero attached hydrogens (tertiary/aromatic N) is 1. The van der Waals surface area contributed by atoms with Gasteiger partial charge in [0.15, 0.2) is 6.10 Å².